The third-order valence-corrected chi connectivity index (χ3v) is 2.18. The zero-order valence-corrected chi connectivity index (χ0v) is 10.3. The summed E-state index contributed by atoms with van der Waals surface area (Å²) >= 11 is 3.31. The van der Waals surface area contributed by atoms with Crippen LogP contribution >= 0.6 is 15.9 Å². The van der Waals surface area contributed by atoms with Gasteiger partial charge in [0.2, 0.25) is 0 Å². The molecule has 0 aromatic rings. The monoisotopic (exact) mass is 251 g/mol. The molecule has 3 nitrogen and oxygen atoms in total. The molecule has 0 aromatic heterocycles. The first-order valence-electron chi connectivity index (χ1n) is 4.44. The predicted octanol–water partition coefficient (Wildman–Crippen LogP) is 2.68. The average Bonchev–Trinajstić information content (AvgIpc) is 1.96. The Morgan fingerprint density at radius 1 is 1.54 bits per heavy atom. The maximum Gasteiger partial charge on any atom is 0.407 e. The van der Waals surface area contributed by atoms with Gasteiger partial charge in [-0.15, -0.1) is 0 Å². The minimum Gasteiger partial charge on any atom is -0.444 e. The van der Waals surface area contributed by atoms with Crippen molar-refractivity contribution >= 4 is 22.0 Å². The molecular formula is C9H18BrNO2. The van der Waals surface area contributed by atoms with Crippen molar-refractivity contribution in [3.8, 4) is 0 Å². The number of nitrogens with one attached hydrogen (secondary N) is 1. The lowest BCUT2D eigenvalue weighted by molar-refractivity contribution is 0.0509. The lowest BCUT2D eigenvalue weighted by Gasteiger charge is -2.22. The largest absolute Gasteiger partial charge is 0.444 e. The minimum atomic E-state index is -0.422. The van der Waals surface area contributed by atoms with Gasteiger partial charge in [-0.2, -0.15) is 0 Å². The number of halogens is 1. The number of carbonyl (C=O) groups excluding carboxylic acids is 1. The fourth-order valence-electron chi connectivity index (χ4n) is 0.724. The Bertz CT molecular complexity index is 161. The summed E-state index contributed by atoms with van der Waals surface area (Å²) in [6.07, 6.45) is 0.545. The Kier molecular flexibility index (Phi) is 5.37. The van der Waals surface area contributed by atoms with Crippen molar-refractivity contribution in [3.63, 3.8) is 0 Å². The van der Waals surface area contributed by atoms with E-state index >= 15 is 0 Å². The molecule has 0 heterocycles. The molecule has 0 aromatic carbocycles. The van der Waals surface area contributed by atoms with Crippen molar-refractivity contribution in [1.29, 1.82) is 0 Å². The summed E-state index contributed by atoms with van der Waals surface area (Å²) in [6, 6.07) is 0.148. The standard InChI is InChI=1S/C9H18BrNO2/c1-5-7(6-10)11-8(12)13-9(2,3)4/h7H,5-6H2,1-4H3,(H,11,12)/t7-/m0/s1. The molecule has 0 saturated heterocycles. The Morgan fingerprint density at radius 2 is 2.08 bits per heavy atom. The Morgan fingerprint density at radius 3 is 2.38 bits per heavy atom. The molecule has 0 spiro atoms. The molecule has 0 fully saturated rings. The van der Waals surface area contributed by atoms with Gasteiger partial charge in [0.1, 0.15) is 5.60 Å². The number of alkyl carbamates (subject to hydrolysis) is 1. The van der Waals surface area contributed by atoms with E-state index in [4.69, 9.17) is 4.74 Å². The van der Waals surface area contributed by atoms with Crippen molar-refractivity contribution < 1.29 is 9.53 Å². The molecule has 1 N–H and O–H groups in total. The van der Waals surface area contributed by atoms with Crippen LogP contribution in [0.4, 0.5) is 4.79 Å². The highest BCUT2D eigenvalue weighted by molar-refractivity contribution is 9.09. The van der Waals surface area contributed by atoms with Crippen molar-refractivity contribution in [3.05, 3.63) is 0 Å². The maximum atomic E-state index is 11.2. The average molecular weight is 252 g/mol. The Labute approximate surface area is 88.4 Å². The highest BCUT2D eigenvalue weighted by Crippen LogP contribution is 2.07. The molecule has 0 unspecified atom stereocenters. The second-order valence-corrected chi connectivity index (χ2v) is 4.55. The molecule has 1 atom stereocenters. The van der Waals surface area contributed by atoms with Crippen molar-refractivity contribution in [1.82, 2.24) is 5.32 Å². The fourth-order valence-corrected chi connectivity index (χ4v) is 1.34. The van der Waals surface area contributed by atoms with E-state index in [-0.39, 0.29) is 12.1 Å². The first-order valence-corrected chi connectivity index (χ1v) is 5.56. The summed E-state index contributed by atoms with van der Waals surface area (Å²) in [7, 11) is 0. The van der Waals surface area contributed by atoms with Crippen LogP contribution in [0.2, 0.25) is 0 Å². The van der Waals surface area contributed by atoms with Gasteiger partial charge >= 0.3 is 6.09 Å². The third kappa shape index (κ3) is 6.87. The van der Waals surface area contributed by atoms with E-state index in [1.807, 2.05) is 27.7 Å². The van der Waals surface area contributed by atoms with Crippen LogP contribution in [0.1, 0.15) is 34.1 Å². The molecule has 13 heavy (non-hydrogen) atoms. The summed E-state index contributed by atoms with van der Waals surface area (Å²) in [5.74, 6) is 0. The molecule has 0 aliphatic heterocycles. The van der Waals surface area contributed by atoms with Crippen molar-refractivity contribution in [2.75, 3.05) is 5.33 Å². The second-order valence-electron chi connectivity index (χ2n) is 3.91. The number of carbonyl (C=O) groups is 1. The van der Waals surface area contributed by atoms with Gasteiger partial charge in [0.15, 0.2) is 0 Å². The minimum absolute atomic E-state index is 0.148. The van der Waals surface area contributed by atoms with E-state index in [9.17, 15) is 4.79 Å². The van der Waals surface area contributed by atoms with Crippen LogP contribution in [0, 0.1) is 0 Å². The molecule has 0 aliphatic carbocycles. The van der Waals surface area contributed by atoms with Crippen LogP contribution in [-0.2, 0) is 4.74 Å². The van der Waals surface area contributed by atoms with Crippen LogP contribution < -0.4 is 5.32 Å². The van der Waals surface area contributed by atoms with Crippen LogP contribution in [0.5, 0.6) is 0 Å². The summed E-state index contributed by atoms with van der Waals surface area (Å²) < 4.78 is 5.10. The van der Waals surface area contributed by atoms with Crippen molar-refractivity contribution in [2.45, 2.75) is 45.8 Å². The van der Waals surface area contributed by atoms with E-state index in [2.05, 4.69) is 21.2 Å². The number of amides is 1. The van der Waals surface area contributed by atoms with E-state index < -0.39 is 5.60 Å². The zero-order chi connectivity index (χ0) is 10.5. The van der Waals surface area contributed by atoms with Gasteiger partial charge in [0, 0.05) is 11.4 Å². The number of rotatable bonds is 3. The van der Waals surface area contributed by atoms with Gasteiger partial charge in [-0.05, 0) is 27.2 Å². The molecule has 0 aliphatic rings. The molecular weight excluding hydrogens is 234 g/mol. The molecule has 0 bridgehead atoms. The number of hydrogen-bond acceptors (Lipinski definition) is 2. The van der Waals surface area contributed by atoms with Crippen LogP contribution in [0.15, 0.2) is 0 Å². The van der Waals surface area contributed by atoms with E-state index in [0.717, 1.165) is 11.8 Å². The van der Waals surface area contributed by atoms with Gasteiger partial charge in [-0.1, -0.05) is 22.9 Å². The molecule has 0 saturated carbocycles. The van der Waals surface area contributed by atoms with Crippen LogP contribution in [-0.4, -0.2) is 23.1 Å². The predicted molar refractivity (Wildman–Crippen MR) is 57.2 cm³/mol. The molecule has 78 valence electrons. The SMILES string of the molecule is CC[C@@H](CBr)NC(=O)OC(C)(C)C. The Hall–Kier alpha value is -0.250. The van der Waals surface area contributed by atoms with E-state index in [1.165, 1.54) is 0 Å². The van der Waals surface area contributed by atoms with Crippen LogP contribution in [0.3, 0.4) is 0 Å². The normalized spacial score (nSPS) is 13.6. The summed E-state index contributed by atoms with van der Waals surface area (Å²) in [5.41, 5.74) is -0.422. The maximum absolute atomic E-state index is 11.2. The Balaban J connectivity index is 3.86. The number of ether oxygens (including phenoxy) is 1. The summed E-state index contributed by atoms with van der Waals surface area (Å²) in [4.78, 5) is 11.2. The van der Waals surface area contributed by atoms with Crippen LogP contribution in [0.25, 0.3) is 0 Å². The van der Waals surface area contributed by atoms with Gasteiger partial charge in [-0.3, -0.25) is 0 Å². The summed E-state index contributed by atoms with van der Waals surface area (Å²) in [5, 5.41) is 3.52. The molecule has 0 rings (SSSR count). The van der Waals surface area contributed by atoms with Gasteiger partial charge < -0.3 is 10.1 Å². The highest BCUT2D eigenvalue weighted by Gasteiger charge is 2.17. The first kappa shape index (κ1) is 12.8. The second kappa shape index (κ2) is 5.47. The van der Waals surface area contributed by atoms with Gasteiger partial charge in [-0.25, -0.2) is 4.79 Å². The molecule has 0 radical (unpaired) electrons. The molecule has 1 amide bonds. The first-order chi connectivity index (χ1) is 5.89. The number of alkyl halides is 1. The number of hydrogen-bond donors (Lipinski definition) is 1. The van der Waals surface area contributed by atoms with E-state index in [1.54, 1.807) is 0 Å². The fraction of sp³-hybridized carbons (Fsp3) is 0.889. The third-order valence-electron chi connectivity index (χ3n) is 1.40. The van der Waals surface area contributed by atoms with Gasteiger partial charge in [0.25, 0.3) is 0 Å². The molecule has 4 heteroatoms. The summed E-state index contributed by atoms with van der Waals surface area (Å²) in [6.45, 7) is 7.56. The zero-order valence-electron chi connectivity index (χ0n) is 8.69. The smallest absolute Gasteiger partial charge is 0.407 e. The van der Waals surface area contributed by atoms with Gasteiger partial charge in [0.05, 0.1) is 0 Å². The lowest BCUT2D eigenvalue weighted by atomic mass is 10.2. The van der Waals surface area contributed by atoms with Crippen molar-refractivity contribution in [2.24, 2.45) is 0 Å². The lowest BCUT2D eigenvalue weighted by Crippen LogP contribution is -2.39. The highest BCUT2D eigenvalue weighted by atomic mass is 79.9. The topological polar surface area (TPSA) is 38.3 Å². The van der Waals surface area contributed by atoms with E-state index in [0.29, 0.717) is 0 Å². The quantitative estimate of drug-likeness (QED) is 0.784.